The molecule has 1 aliphatic rings. The van der Waals surface area contributed by atoms with Gasteiger partial charge in [0.2, 0.25) is 0 Å². The van der Waals surface area contributed by atoms with Crippen molar-refractivity contribution in [3.8, 4) is 0 Å². The summed E-state index contributed by atoms with van der Waals surface area (Å²) in [6, 6.07) is 5.90. The summed E-state index contributed by atoms with van der Waals surface area (Å²) in [5.74, 6) is 1.41. The predicted molar refractivity (Wildman–Crippen MR) is 134 cm³/mol. The lowest BCUT2D eigenvalue weighted by Gasteiger charge is -2.44. The van der Waals surface area contributed by atoms with Crippen molar-refractivity contribution in [1.29, 1.82) is 0 Å². The van der Waals surface area contributed by atoms with Crippen molar-refractivity contribution in [3.05, 3.63) is 52.8 Å². The number of aromatic nitrogens is 3. The Bertz CT molecular complexity index is 1220. The number of aryl methyl sites for hydroxylation is 1. The Morgan fingerprint density at radius 3 is 2.40 bits per heavy atom. The molecular formula is C26H33F3N6. The number of hydrogen-bond donors (Lipinski definition) is 1. The number of alkyl halides is 3. The van der Waals surface area contributed by atoms with Gasteiger partial charge in [-0.1, -0.05) is 12.1 Å². The largest absolute Gasteiger partial charge is 0.416 e. The van der Waals surface area contributed by atoms with Gasteiger partial charge in [0.25, 0.3) is 0 Å². The monoisotopic (exact) mass is 486 g/mol. The molecule has 1 aromatic carbocycles. The van der Waals surface area contributed by atoms with Gasteiger partial charge in [-0.15, -0.1) is 5.10 Å². The van der Waals surface area contributed by atoms with E-state index in [-0.39, 0.29) is 11.1 Å². The van der Waals surface area contributed by atoms with Crippen LogP contribution in [0.25, 0.3) is 10.8 Å². The highest BCUT2D eigenvalue weighted by molar-refractivity contribution is 5.94. The van der Waals surface area contributed by atoms with Gasteiger partial charge >= 0.3 is 6.18 Å². The molecule has 9 heteroatoms. The number of benzene rings is 1. The van der Waals surface area contributed by atoms with Gasteiger partial charge in [0.1, 0.15) is 5.82 Å². The molecule has 4 rings (SSSR count). The molecule has 3 heterocycles. The van der Waals surface area contributed by atoms with Gasteiger partial charge in [-0.25, -0.2) is 4.98 Å². The van der Waals surface area contributed by atoms with Gasteiger partial charge < -0.3 is 15.1 Å². The first kappa shape index (κ1) is 25.2. The van der Waals surface area contributed by atoms with Crippen LogP contribution in [0.4, 0.5) is 24.8 Å². The first-order valence-electron chi connectivity index (χ1n) is 11.9. The Kier molecular flexibility index (Phi) is 6.66. The smallest absolute Gasteiger partial charge is 0.362 e. The number of halogens is 3. The van der Waals surface area contributed by atoms with Crippen LogP contribution in [0.2, 0.25) is 0 Å². The van der Waals surface area contributed by atoms with Crippen LogP contribution in [0.5, 0.6) is 0 Å². The molecule has 0 spiro atoms. The fourth-order valence-corrected chi connectivity index (χ4v) is 4.82. The van der Waals surface area contributed by atoms with E-state index in [1.807, 2.05) is 26.1 Å². The van der Waals surface area contributed by atoms with E-state index in [0.29, 0.717) is 11.4 Å². The molecule has 3 aromatic rings. The molecule has 1 fully saturated rings. The fraction of sp³-hybridized carbons (Fsp3) is 0.500. The first-order valence-corrected chi connectivity index (χ1v) is 11.9. The molecule has 0 saturated carbocycles. The van der Waals surface area contributed by atoms with Crippen LogP contribution in [0.15, 0.2) is 30.5 Å². The third kappa shape index (κ3) is 4.91. The van der Waals surface area contributed by atoms with Crippen molar-refractivity contribution >= 4 is 22.4 Å². The quantitative estimate of drug-likeness (QED) is 0.495. The Balaban J connectivity index is 1.65. The van der Waals surface area contributed by atoms with Crippen LogP contribution in [-0.2, 0) is 6.18 Å². The Labute approximate surface area is 204 Å². The van der Waals surface area contributed by atoms with Crippen LogP contribution in [0, 0.1) is 13.8 Å². The van der Waals surface area contributed by atoms with Gasteiger partial charge in [-0.05, 0) is 77.9 Å². The van der Waals surface area contributed by atoms with E-state index in [1.54, 1.807) is 6.07 Å². The minimum absolute atomic E-state index is 0.167. The third-order valence-corrected chi connectivity index (χ3v) is 7.58. The van der Waals surface area contributed by atoms with Crippen molar-refractivity contribution in [3.63, 3.8) is 0 Å². The molecule has 0 bridgehead atoms. The fourth-order valence-electron chi connectivity index (χ4n) is 4.82. The van der Waals surface area contributed by atoms with Gasteiger partial charge in [0.15, 0.2) is 5.82 Å². The molecule has 0 unspecified atom stereocenters. The Morgan fingerprint density at radius 1 is 1.09 bits per heavy atom. The van der Waals surface area contributed by atoms with Gasteiger partial charge in [0.05, 0.1) is 17.3 Å². The lowest BCUT2D eigenvalue weighted by molar-refractivity contribution is -0.138. The average Bonchev–Trinajstić information content (AvgIpc) is 2.80. The van der Waals surface area contributed by atoms with E-state index >= 15 is 0 Å². The zero-order valence-electron chi connectivity index (χ0n) is 21.2. The van der Waals surface area contributed by atoms with Gasteiger partial charge in [-0.2, -0.15) is 18.3 Å². The summed E-state index contributed by atoms with van der Waals surface area (Å²) in [5.41, 5.74) is 1.09. The molecular weight excluding hydrogens is 453 g/mol. The van der Waals surface area contributed by atoms with Crippen molar-refractivity contribution < 1.29 is 13.2 Å². The SMILES string of the molecule is Cc1c([C@@H](C)Nc2nnc(C)c3cnc(N4CCC(C)(N(C)C)CC4)cc23)cccc1C(F)(F)F. The number of hydrogen-bond acceptors (Lipinski definition) is 6. The second-order valence-electron chi connectivity index (χ2n) is 9.98. The minimum Gasteiger partial charge on any atom is -0.362 e. The zero-order valence-corrected chi connectivity index (χ0v) is 21.2. The molecule has 1 aliphatic heterocycles. The number of rotatable bonds is 5. The van der Waals surface area contributed by atoms with Crippen molar-refractivity contribution in [1.82, 2.24) is 20.1 Å². The standard InChI is InChI=1S/C26H33F3N6/c1-16-19(8-7-9-22(16)26(27,28)29)17(2)31-24-20-14-23(30-15-21(20)18(3)32-33-24)35-12-10-25(4,11-13-35)34(5)6/h7-9,14-15,17H,10-13H2,1-6H3,(H,31,33)/t17-/m1/s1. The lowest BCUT2D eigenvalue weighted by atomic mass is 9.88. The number of nitrogens with zero attached hydrogens (tertiary/aromatic N) is 5. The van der Waals surface area contributed by atoms with Crippen LogP contribution >= 0.6 is 0 Å². The van der Waals surface area contributed by atoms with Crippen molar-refractivity contribution in [2.45, 2.75) is 58.3 Å². The van der Waals surface area contributed by atoms with Crippen LogP contribution in [0.1, 0.15) is 55.1 Å². The van der Waals surface area contributed by atoms with E-state index < -0.39 is 17.8 Å². The number of pyridine rings is 1. The predicted octanol–water partition coefficient (Wildman–Crippen LogP) is 5.75. The normalized spacial score (nSPS) is 17.1. The number of anilines is 2. The third-order valence-electron chi connectivity index (χ3n) is 7.58. The van der Waals surface area contributed by atoms with E-state index in [2.05, 4.69) is 46.3 Å². The molecule has 0 radical (unpaired) electrons. The van der Waals surface area contributed by atoms with Crippen LogP contribution in [-0.4, -0.2) is 52.8 Å². The lowest BCUT2D eigenvalue weighted by Crippen LogP contribution is -2.50. The van der Waals surface area contributed by atoms with E-state index in [4.69, 9.17) is 4.98 Å². The molecule has 0 amide bonds. The van der Waals surface area contributed by atoms with Crippen molar-refractivity contribution in [2.75, 3.05) is 37.4 Å². The van der Waals surface area contributed by atoms with Crippen LogP contribution in [0.3, 0.4) is 0 Å². The Morgan fingerprint density at radius 2 is 1.77 bits per heavy atom. The summed E-state index contributed by atoms with van der Waals surface area (Å²) >= 11 is 0. The molecule has 1 N–H and O–H groups in total. The highest BCUT2D eigenvalue weighted by Crippen LogP contribution is 2.36. The maximum Gasteiger partial charge on any atom is 0.416 e. The maximum atomic E-state index is 13.4. The Hall–Kier alpha value is -2.94. The highest BCUT2D eigenvalue weighted by atomic mass is 19.4. The second-order valence-corrected chi connectivity index (χ2v) is 9.98. The van der Waals surface area contributed by atoms with Crippen LogP contribution < -0.4 is 10.2 Å². The van der Waals surface area contributed by atoms with E-state index in [9.17, 15) is 13.2 Å². The molecule has 2 aromatic heterocycles. The summed E-state index contributed by atoms with van der Waals surface area (Å²) in [7, 11) is 4.24. The number of nitrogens with one attached hydrogen (secondary N) is 1. The maximum absolute atomic E-state index is 13.4. The molecule has 6 nitrogen and oxygen atoms in total. The second kappa shape index (κ2) is 9.26. The molecule has 188 valence electrons. The van der Waals surface area contributed by atoms with Crippen molar-refractivity contribution in [2.24, 2.45) is 0 Å². The summed E-state index contributed by atoms with van der Waals surface area (Å²) in [6.45, 7) is 9.31. The van der Waals surface area contributed by atoms with E-state index in [0.717, 1.165) is 54.3 Å². The zero-order chi connectivity index (χ0) is 25.5. The topological polar surface area (TPSA) is 57.2 Å². The summed E-state index contributed by atoms with van der Waals surface area (Å²) in [5, 5.41) is 13.7. The summed E-state index contributed by atoms with van der Waals surface area (Å²) < 4.78 is 40.3. The molecule has 1 atom stereocenters. The average molecular weight is 487 g/mol. The molecule has 0 aliphatic carbocycles. The molecule has 1 saturated heterocycles. The summed E-state index contributed by atoms with van der Waals surface area (Å²) in [6.07, 6.45) is -0.512. The highest BCUT2D eigenvalue weighted by Gasteiger charge is 2.34. The number of fused-ring (bicyclic) bond motifs is 1. The first-order chi connectivity index (χ1) is 16.4. The minimum atomic E-state index is -4.39. The van der Waals surface area contributed by atoms with Gasteiger partial charge in [-0.3, -0.25) is 0 Å². The number of piperidine rings is 1. The molecule has 35 heavy (non-hydrogen) atoms. The van der Waals surface area contributed by atoms with E-state index in [1.165, 1.54) is 13.0 Å². The summed E-state index contributed by atoms with van der Waals surface area (Å²) in [4.78, 5) is 9.28. The van der Waals surface area contributed by atoms with Gasteiger partial charge in [0, 0.05) is 35.6 Å².